The molecular formula is C31H40N8O5. The van der Waals surface area contributed by atoms with Crippen molar-refractivity contribution in [1.82, 2.24) is 24.8 Å². The third-order valence-corrected chi connectivity index (χ3v) is 7.55. The number of ether oxygens (including phenoxy) is 1. The molecule has 3 N–H and O–H groups in total. The van der Waals surface area contributed by atoms with Crippen LogP contribution < -0.4 is 20.3 Å². The topological polar surface area (TPSA) is 151 Å². The molecule has 0 radical (unpaired) electrons. The van der Waals surface area contributed by atoms with Crippen molar-refractivity contribution >= 4 is 39.8 Å². The fourth-order valence-corrected chi connectivity index (χ4v) is 5.39. The second-order valence-electron chi connectivity index (χ2n) is 10.7. The van der Waals surface area contributed by atoms with Crippen LogP contribution in [-0.2, 0) is 13.0 Å². The number of methoxy groups -OCH3 is 1. The Labute approximate surface area is 256 Å². The van der Waals surface area contributed by atoms with Crippen molar-refractivity contribution in [2.75, 3.05) is 64.7 Å². The molecule has 13 heteroatoms. The molecule has 5 rings (SSSR count). The highest BCUT2D eigenvalue weighted by atomic mass is 16.6. The first-order valence-corrected chi connectivity index (χ1v) is 14.1. The first-order chi connectivity index (χ1) is 20.7. The van der Waals surface area contributed by atoms with Crippen LogP contribution in [0.15, 0.2) is 42.7 Å². The minimum Gasteiger partial charge on any atom is -0.494 e. The molecule has 0 atom stereocenters. The number of nitrogens with zero attached hydrogens (tertiary/aromatic N) is 6. The molecule has 2 aromatic heterocycles. The van der Waals surface area contributed by atoms with Crippen LogP contribution in [0, 0.1) is 10.1 Å². The number of likely N-dealkylation sites (N-methyl/N-ethyl adjacent to an activating group) is 2. The van der Waals surface area contributed by atoms with Crippen LogP contribution in [-0.4, -0.2) is 89.9 Å². The molecule has 0 spiro atoms. The summed E-state index contributed by atoms with van der Waals surface area (Å²) in [6.45, 7) is 2.02. The van der Waals surface area contributed by atoms with Crippen LogP contribution in [0.2, 0.25) is 0 Å². The third-order valence-electron chi connectivity index (χ3n) is 7.55. The fourth-order valence-electron chi connectivity index (χ4n) is 5.39. The Morgan fingerprint density at radius 2 is 2.02 bits per heavy atom. The van der Waals surface area contributed by atoms with E-state index in [2.05, 4.69) is 26.3 Å². The van der Waals surface area contributed by atoms with E-state index in [1.54, 1.807) is 13.1 Å². The fraction of sp³-hybridized carbons (Fsp3) is 0.387. The van der Waals surface area contributed by atoms with Gasteiger partial charge in [-0.1, -0.05) is 25.6 Å². The molecule has 0 bridgehead atoms. The van der Waals surface area contributed by atoms with Gasteiger partial charge in [0, 0.05) is 68.7 Å². The molecule has 3 heterocycles. The number of aliphatic hydroxyl groups is 1. The number of anilines is 3. The monoisotopic (exact) mass is 604 g/mol. The van der Waals surface area contributed by atoms with Gasteiger partial charge in [0.25, 0.3) is 11.6 Å². The average Bonchev–Trinajstić information content (AvgIpc) is 3.38. The van der Waals surface area contributed by atoms with E-state index in [4.69, 9.17) is 9.72 Å². The van der Waals surface area contributed by atoms with Crippen LogP contribution in [0.4, 0.5) is 23.0 Å². The average molecular weight is 605 g/mol. The van der Waals surface area contributed by atoms with Crippen molar-refractivity contribution in [3.63, 3.8) is 0 Å². The highest BCUT2D eigenvalue weighted by molar-refractivity contribution is 6.05. The number of hydrogen-bond acceptors (Lipinski definition) is 10. The molecule has 0 aliphatic carbocycles. The lowest BCUT2D eigenvalue weighted by Gasteiger charge is -2.22. The summed E-state index contributed by atoms with van der Waals surface area (Å²) in [5, 5.41) is 28.1. The predicted molar refractivity (Wildman–Crippen MR) is 172 cm³/mol. The molecule has 234 valence electrons. The maximum Gasteiger partial charge on any atom is 0.294 e. The van der Waals surface area contributed by atoms with E-state index in [-0.39, 0.29) is 37.8 Å². The van der Waals surface area contributed by atoms with E-state index in [1.807, 2.05) is 42.2 Å². The SMILES string of the molecule is C.COc1cc(N(C)CCN(C)C)c([N+](=O)[O-])cc1Nc1ncc(C(=O)NCCO)c(-c2cn3c4c(cccc24)CCC3)n1. The van der Waals surface area contributed by atoms with Gasteiger partial charge in [-0.3, -0.25) is 14.9 Å². The number of rotatable bonds is 12. The van der Waals surface area contributed by atoms with E-state index >= 15 is 0 Å². The molecule has 0 fully saturated rings. The van der Waals surface area contributed by atoms with Crippen LogP contribution in [0.25, 0.3) is 22.2 Å². The van der Waals surface area contributed by atoms with Crippen LogP contribution in [0.3, 0.4) is 0 Å². The number of benzene rings is 2. The number of aliphatic hydroxyl groups excluding tert-OH is 1. The summed E-state index contributed by atoms with van der Waals surface area (Å²) in [4.78, 5) is 37.8. The Morgan fingerprint density at radius 1 is 1.23 bits per heavy atom. The normalized spacial score (nSPS) is 12.1. The molecule has 2 aromatic carbocycles. The maximum atomic E-state index is 13.1. The van der Waals surface area contributed by atoms with E-state index in [1.165, 1.54) is 24.9 Å². The minimum absolute atomic E-state index is 0. The number of aromatic nitrogens is 3. The van der Waals surface area contributed by atoms with E-state index in [0.29, 0.717) is 35.9 Å². The van der Waals surface area contributed by atoms with E-state index in [0.717, 1.165) is 35.9 Å². The van der Waals surface area contributed by atoms with Crippen molar-refractivity contribution in [2.24, 2.45) is 0 Å². The number of amides is 1. The summed E-state index contributed by atoms with van der Waals surface area (Å²) in [6.07, 6.45) is 5.42. The van der Waals surface area contributed by atoms with Gasteiger partial charge in [-0.15, -0.1) is 0 Å². The number of nitro groups is 1. The summed E-state index contributed by atoms with van der Waals surface area (Å²) in [6, 6.07) is 9.16. The zero-order chi connectivity index (χ0) is 30.7. The van der Waals surface area contributed by atoms with Crippen LogP contribution in [0.1, 0.15) is 29.8 Å². The lowest BCUT2D eigenvalue weighted by molar-refractivity contribution is -0.384. The molecule has 1 aliphatic rings. The second-order valence-corrected chi connectivity index (χ2v) is 10.7. The lowest BCUT2D eigenvalue weighted by atomic mass is 10.0. The number of hydrogen-bond donors (Lipinski definition) is 3. The Kier molecular flexibility index (Phi) is 10.0. The van der Waals surface area contributed by atoms with Crippen molar-refractivity contribution in [1.29, 1.82) is 0 Å². The van der Waals surface area contributed by atoms with E-state index < -0.39 is 10.8 Å². The molecule has 13 nitrogen and oxygen atoms in total. The molecular weight excluding hydrogens is 564 g/mol. The van der Waals surface area contributed by atoms with Gasteiger partial charge in [0.1, 0.15) is 11.4 Å². The smallest absolute Gasteiger partial charge is 0.294 e. The van der Waals surface area contributed by atoms with Crippen LogP contribution in [0.5, 0.6) is 5.75 Å². The molecule has 44 heavy (non-hydrogen) atoms. The Hall–Kier alpha value is -4.75. The molecule has 1 aliphatic heterocycles. The van der Waals surface area contributed by atoms with Gasteiger partial charge >= 0.3 is 0 Å². The van der Waals surface area contributed by atoms with Gasteiger partial charge in [-0.25, -0.2) is 9.97 Å². The van der Waals surface area contributed by atoms with Crippen molar-refractivity contribution < 1.29 is 19.6 Å². The molecule has 0 saturated carbocycles. The highest BCUT2D eigenvalue weighted by Crippen LogP contribution is 2.40. The van der Waals surface area contributed by atoms with E-state index in [9.17, 15) is 20.0 Å². The molecule has 0 unspecified atom stereocenters. The second kappa shape index (κ2) is 13.7. The first kappa shape index (κ1) is 32.2. The zero-order valence-corrected chi connectivity index (χ0v) is 24.8. The Morgan fingerprint density at radius 3 is 2.73 bits per heavy atom. The molecule has 1 amide bonds. The summed E-state index contributed by atoms with van der Waals surface area (Å²) >= 11 is 0. The summed E-state index contributed by atoms with van der Waals surface area (Å²) in [7, 11) is 7.17. The van der Waals surface area contributed by atoms with Crippen molar-refractivity contribution in [3.8, 4) is 17.0 Å². The quantitative estimate of drug-likeness (QED) is 0.160. The minimum atomic E-state index is -0.430. The number of carbonyl (C=O) groups is 1. The lowest BCUT2D eigenvalue weighted by Crippen LogP contribution is -2.29. The maximum absolute atomic E-state index is 13.1. The molecule has 4 aromatic rings. The largest absolute Gasteiger partial charge is 0.494 e. The van der Waals surface area contributed by atoms with Gasteiger partial charge < -0.3 is 34.8 Å². The number of carbonyl (C=O) groups excluding carboxylic acids is 1. The number of aryl methyl sites for hydroxylation is 2. The van der Waals surface area contributed by atoms with Gasteiger partial charge in [-0.05, 0) is 32.5 Å². The summed E-state index contributed by atoms with van der Waals surface area (Å²) < 4.78 is 7.80. The van der Waals surface area contributed by atoms with Gasteiger partial charge in [0.2, 0.25) is 5.95 Å². The summed E-state index contributed by atoms with van der Waals surface area (Å²) in [5.74, 6) is 0.0992. The number of nitrogens with one attached hydrogen (secondary N) is 2. The van der Waals surface area contributed by atoms with Crippen molar-refractivity contribution in [3.05, 3.63) is 64.0 Å². The Balaban J connectivity index is 0.00000442. The van der Waals surface area contributed by atoms with Crippen molar-refractivity contribution in [2.45, 2.75) is 26.8 Å². The first-order valence-electron chi connectivity index (χ1n) is 14.1. The third kappa shape index (κ3) is 6.43. The standard InChI is InChI=1S/C30H36N8O5.CH4/c1-35(2)12-13-36(3)24-16-26(43-4)23(15-25(24)38(41)42)33-30-32-17-21(29(40)31-10-14-39)27(34-30)22-18-37-11-6-8-19-7-5-9-20(22)28(19)37;/h5,7,9,15-18,39H,6,8,10-14H2,1-4H3,(H,31,40)(H,32,33,34);1H4. The van der Waals surface area contributed by atoms with Gasteiger partial charge in [0.15, 0.2) is 0 Å². The number of nitro benzene ring substituents is 1. The van der Waals surface area contributed by atoms with Crippen LogP contribution >= 0.6 is 0 Å². The molecule has 0 saturated heterocycles. The zero-order valence-electron chi connectivity index (χ0n) is 24.8. The predicted octanol–water partition coefficient (Wildman–Crippen LogP) is 4.06. The van der Waals surface area contributed by atoms with Gasteiger partial charge in [0.05, 0.1) is 41.1 Å². The van der Waals surface area contributed by atoms with Gasteiger partial charge in [-0.2, -0.15) is 0 Å². The number of para-hydroxylation sites is 1. The highest BCUT2D eigenvalue weighted by Gasteiger charge is 2.25. The summed E-state index contributed by atoms with van der Waals surface area (Å²) in [5.41, 5.74) is 4.41. The Bertz CT molecular complexity index is 1670.